The van der Waals surface area contributed by atoms with Crippen LogP contribution in [0.1, 0.15) is 12.5 Å². The molecule has 1 aromatic rings. The van der Waals surface area contributed by atoms with Crippen LogP contribution >= 0.6 is 15.9 Å². The number of hydrogen-bond donors (Lipinski definition) is 0. The highest BCUT2D eigenvalue weighted by molar-refractivity contribution is 9.10. The summed E-state index contributed by atoms with van der Waals surface area (Å²) in [6.45, 7) is 2.16. The molecule has 1 rings (SSSR count). The molecule has 0 aliphatic heterocycles. The van der Waals surface area contributed by atoms with Crippen molar-refractivity contribution in [3.63, 3.8) is 0 Å². The number of nitrogens with zero attached hydrogens (tertiary/aromatic N) is 1. The van der Waals surface area contributed by atoms with Gasteiger partial charge in [-0.05, 0) is 40.6 Å². The van der Waals surface area contributed by atoms with Crippen LogP contribution in [0.3, 0.4) is 0 Å². The van der Waals surface area contributed by atoms with E-state index in [0.717, 1.165) is 10.0 Å². The number of esters is 1. The largest absolute Gasteiger partial charge is 0.463 e. The second-order valence-corrected chi connectivity index (χ2v) is 3.34. The maximum Gasteiger partial charge on any atom is 0.330 e. The van der Waals surface area contributed by atoms with Gasteiger partial charge in [0.1, 0.15) is 0 Å². The van der Waals surface area contributed by atoms with E-state index in [9.17, 15) is 4.79 Å². The van der Waals surface area contributed by atoms with E-state index in [1.807, 2.05) is 0 Å². The molecule has 0 N–H and O–H groups in total. The molecule has 0 unspecified atom stereocenters. The number of ether oxygens (including phenoxy) is 1. The predicted molar refractivity (Wildman–Crippen MR) is 57.6 cm³/mol. The molecular formula is C10H10BrNO2. The third kappa shape index (κ3) is 3.30. The van der Waals surface area contributed by atoms with Gasteiger partial charge in [-0.15, -0.1) is 0 Å². The number of rotatable bonds is 3. The molecule has 0 atom stereocenters. The molecule has 0 spiro atoms. The van der Waals surface area contributed by atoms with E-state index in [1.165, 1.54) is 6.08 Å². The number of halogens is 1. The summed E-state index contributed by atoms with van der Waals surface area (Å²) >= 11 is 3.32. The Morgan fingerprint density at radius 1 is 1.71 bits per heavy atom. The first-order valence-corrected chi connectivity index (χ1v) is 4.97. The molecule has 1 aromatic heterocycles. The van der Waals surface area contributed by atoms with E-state index < -0.39 is 0 Å². The lowest BCUT2D eigenvalue weighted by Gasteiger charge is -1.97. The SMILES string of the molecule is CCOC(=O)/C=C/c1ccncc1Br. The summed E-state index contributed by atoms with van der Waals surface area (Å²) in [6, 6.07) is 1.81. The monoisotopic (exact) mass is 255 g/mol. The minimum atomic E-state index is -0.337. The molecule has 0 fully saturated rings. The molecule has 3 nitrogen and oxygen atoms in total. The van der Waals surface area contributed by atoms with Gasteiger partial charge in [0.25, 0.3) is 0 Å². The van der Waals surface area contributed by atoms with Gasteiger partial charge in [0.2, 0.25) is 0 Å². The van der Waals surface area contributed by atoms with Crippen LogP contribution in [-0.4, -0.2) is 17.6 Å². The zero-order valence-corrected chi connectivity index (χ0v) is 9.32. The fourth-order valence-corrected chi connectivity index (χ4v) is 1.25. The van der Waals surface area contributed by atoms with E-state index in [4.69, 9.17) is 4.74 Å². The van der Waals surface area contributed by atoms with Crippen LogP contribution < -0.4 is 0 Å². The first kappa shape index (κ1) is 10.9. The Kier molecular flexibility index (Phi) is 4.32. The highest BCUT2D eigenvalue weighted by atomic mass is 79.9. The van der Waals surface area contributed by atoms with Crippen molar-refractivity contribution in [1.29, 1.82) is 0 Å². The molecule has 0 bridgehead atoms. The molecular weight excluding hydrogens is 246 g/mol. The van der Waals surface area contributed by atoms with Gasteiger partial charge in [-0.2, -0.15) is 0 Å². The summed E-state index contributed by atoms with van der Waals surface area (Å²) < 4.78 is 5.59. The molecule has 74 valence electrons. The summed E-state index contributed by atoms with van der Waals surface area (Å²) in [4.78, 5) is 14.9. The number of carbonyl (C=O) groups is 1. The van der Waals surface area contributed by atoms with Gasteiger partial charge in [0, 0.05) is 22.9 Å². The quantitative estimate of drug-likeness (QED) is 0.615. The van der Waals surface area contributed by atoms with Gasteiger partial charge >= 0.3 is 5.97 Å². The molecule has 0 aliphatic carbocycles. The Bertz CT molecular complexity index is 350. The average molecular weight is 256 g/mol. The van der Waals surface area contributed by atoms with Crippen LogP contribution in [0.2, 0.25) is 0 Å². The van der Waals surface area contributed by atoms with E-state index in [1.54, 1.807) is 31.5 Å². The molecule has 0 saturated heterocycles. The highest BCUT2D eigenvalue weighted by Gasteiger charge is 1.96. The second-order valence-electron chi connectivity index (χ2n) is 2.48. The Hall–Kier alpha value is -1.16. The molecule has 0 radical (unpaired) electrons. The lowest BCUT2D eigenvalue weighted by Crippen LogP contribution is -1.98. The van der Waals surface area contributed by atoms with Gasteiger partial charge in [-0.3, -0.25) is 4.98 Å². The average Bonchev–Trinajstić information content (AvgIpc) is 2.17. The Morgan fingerprint density at radius 3 is 3.14 bits per heavy atom. The smallest absolute Gasteiger partial charge is 0.330 e. The predicted octanol–water partition coefficient (Wildman–Crippen LogP) is 2.42. The maximum atomic E-state index is 11.0. The number of hydrogen-bond acceptors (Lipinski definition) is 3. The summed E-state index contributed by atoms with van der Waals surface area (Å²) in [7, 11) is 0. The Labute approximate surface area is 90.9 Å². The standard InChI is InChI=1S/C10H10BrNO2/c1-2-14-10(13)4-3-8-5-6-12-7-9(8)11/h3-7H,2H2,1H3/b4-3+. The zero-order valence-electron chi connectivity index (χ0n) is 7.74. The summed E-state index contributed by atoms with van der Waals surface area (Å²) in [5, 5.41) is 0. The molecule has 0 aromatic carbocycles. The van der Waals surface area contributed by atoms with Gasteiger partial charge in [0.05, 0.1) is 6.61 Å². The minimum Gasteiger partial charge on any atom is -0.463 e. The maximum absolute atomic E-state index is 11.0. The van der Waals surface area contributed by atoms with Crippen LogP contribution in [0.25, 0.3) is 6.08 Å². The van der Waals surface area contributed by atoms with Crippen LogP contribution in [0, 0.1) is 0 Å². The van der Waals surface area contributed by atoms with E-state index in [2.05, 4.69) is 20.9 Å². The van der Waals surface area contributed by atoms with Gasteiger partial charge in [-0.25, -0.2) is 4.79 Å². The van der Waals surface area contributed by atoms with Crippen LogP contribution in [-0.2, 0) is 9.53 Å². The lowest BCUT2D eigenvalue weighted by atomic mass is 10.2. The van der Waals surface area contributed by atoms with Gasteiger partial charge < -0.3 is 4.74 Å². The van der Waals surface area contributed by atoms with Crippen LogP contribution in [0.15, 0.2) is 29.0 Å². The van der Waals surface area contributed by atoms with Crippen molar-refractivity contribution in [3.05, 3.63) is 34.6 Å². The van der Waals surface area contributed by atoms with Crippen molar-refractivity contribution in [2.45, 2.75) is 6.92 Å². The number of carbonyl (C=O) groups excluding carboxylic acids is 1. The van der Waals surface area contributed by atoms with E-state index >= 15 is 0 Å². The summed E-state index contributed by atoms with van der Waals surface area (Å²) in [5.41, 5.74) is 0.896. The number of aromatic nitrogens is 1. The normalized spacial score (nSPS) is 10.4. The first-order chi connectivity index (χ1) is 6.74. The van der Waals surface area contributed by atoms with Crippen molar-refractivity contribution in [2.24, 2.45) is 0 Å². The minimum absolute atomic E-state index is 0.337. The Morgan fingerprint density at radius 2 is 2.50 bits per heavy atom. The summed E-state index contributed by atoms with van der Waals surface area (Å²) in [6.07, 6.45) is 6.41. The van der Waals surface area contributed by atoms with Gasteiger partial charge in [0.15, 0.2) is 0 Å². The van der Waals surface area contributed by atoms with E-state index in [0.29, 0.717) is 6.61 Å². The first-order valence-electron chi connectivity index (χ1n) is 4.18. The van der Waals surface area contributed by atoms with Gasteiger partial charge in [-0.1, -0.05) is 0 Å². The van der Waals surface area contributed by atoms with Crippen molar-refractivity contribution < 1.29 is 9.53 Å². The molecule has 0 saturated carbocycles. The second kappa shape index (κ2) is 5.54. The number of pyridine rings is 1. The van der Waals surface area contributed by atoms with Crippen molar-refractivity contribution >= 4 is 28.0 Å². The molecule has 1 heterocycles. The molecule has 0 aliphatic rings. The molecule has 0 amide bonds. The molecule has 4 heteroatoms. The van der Waals surface area contributed by atoms with Crippen molar-refractivity contribution in [1.82, 2.24) is 4.98 Å². The molecule has 14 heavy (non-hydrogen) atoms. The fraction of sp³-hybridized carbons (Fsp3) is 0.200. The van der Waals surface area contributed by atoms with Crippen molar-refractivity contribution in [3.8, 4) is 0 Å². The summed E-state index contributed by atoms with van der Waals surface area (Å²) in [5.74, 6) is -0.337. The fourth-order valence-electron chi connectivity index (χ4n) is 0.869. The highest BCUT2D eigenvalue weighted by Crippen LogP contribution is 2.15. The van der Waals surface area contributed by atoms with Crippen LogP contribution in [0.4, 0.5) is 0 Å². The lowest BCUT2D eigenvalue weighted by molar-refractivity contribution is -0.137. The zero-order chi connectivity index (χ0) is 10.4. The Balaban J connectivity index is 2.69. The van der Waals surface area contributed by atoms with Crippen LogP contribution in [0.5, 0.6) is 0 Å². The topological polar surface area (TPSA) is 39.2 Å². The third-order valence-corrected chi connectivity index (χ3v) is 2.15. The van der Waals surface area contributed by atoms with E-state index in [-0.39, 0.29) is 5.97 Å². The van der Waals surface area contributed by atoms with Crippen molar-refractivity contribution in [2.75, 3.05) is 6.61 Å². The third-order valence-electron chi connectivity index (χ3n) is 1.49.